The number of amides is 2. The van der Waals surface area contributed by atoms with Crippen LogP contribution in [0, 0.1) is 0 Å². The van der Waals surface area contributed by atoms with Crippen LogP contribution in [-0.2, 0) is 25.7 Å². The minimum atomic E-state index is -0.959. The molecule has 2 aromatic carbocycles. The van der Waals surface area contributed by atoms with E-state index in [0.29, 0.717) is 27.9 Å². The van der Waals surface area contributed by atoms with E-state index in [1.165, 1.54) is 23.2 Å². The Kier molecular flexibility index (Phi) is 5.94. The number of carbonyl (C=O) groups excluding carboxylic acids is 3. The van der Waals surface area contributed by atoms with Gasteiger partial charge in [0.15, 0.2) is 11.2 Å². The molecule has 2 heterocycles. The van der Waals surface area contributed by atoms with Crippen molar-refractivity contribution in [2.24, 2.45) is 0 Å². The summed E-state index contributed by atoms with van der Waals surface area (Å²) in [5.41, 5.74) is 1.78. The normalized spacial score (nSPS) is 14.7. The van der Waals surface area contributed by atoms with E-state index < -0.39 is 18.0 Å². The molecule has 3 aromatic rings. The first-order chi connectivity index (χ1) is 15.0. The van der Waals surface area contributed by atoms with Crippen molar-refractivity contribution in [3.05, 3.63) is 65.7 Å². The molecule has 1 aliphatic rings. The second-order valence-corrected chi connectivity index (χ2v) is 7.60. The lowest BCUT2D eigenvalue weighted by Gasteiger charge is -2.25. The van der Waals surface area contributed by atoms with Gasteiger partial charge in [0.05, 0.1) is 23.5 Å². The fraction of sp³-hybridized carbons (Fsp3) is 0.182. The van der Waals surface area contributed by atoms with Gasteiger partial charge in [0, 0.05) is 12.3 Å². The molecule has 1 aromatic heterocycles. The predicted octanol–water partition coefficient (Wildman–Crippen LogP) is 3.66. The Bertz CT molecular complexity index is 1120. The van der Waals surface area contributed by atoms with E-state index in [2.05, 4.69) is 10.3 Å². The third kappa shape index (κ3) is 4.72. The molecule has 2 amide bonds. The van der Waals surface area contributed by atoms with Crippen LogP contribution < -0.4 is 15.0 Å². The molecular formula is C22H19N3O5S. The quantitative estimate of drug-likeness (QED) is 0.591. The van der Waals surface area contributed by atoms with E-state index >= 15 is 0 Å². The molecule has 4 rings (SSSR count). The number of aromatic nitrogens is 1. The molecule has 0 unspecified atom stereocenters. The molecule has 1 atom stereocenters. The highest BCUT2D eigenvalue weighted by Gasteiger charge is 2.30. The number of para-hydroxylation sites is 3. The Hall–Kier alpha value is -3.72. The van der Waals surface area contributed by atoms with Gasteiger partial charge in [-0.05, 0) is 24.3 Å². The summed E-state index contributed by atoms with van der Waals surface area (Å²) >= 11 is 1.27. The van der Waals surface area contributed by atoms with E-state index in [4.69, 9.17) is 9.47 Å². The molecule has 9 heteroatoms. The number of benzene rings is 2. The van der Waals surface area contributed by atoms with Crippen molar-refractivity contribution in [3.63, 3.8) is 0 Å². The van der Waals surface area contributed by atoms with Crippen LogP contribution in [0.2, 0.25) is 0 Å². The zero-order valence-corrected chi connectivity index (χ0v) is 17.4. The number of thiazole rings is 1. The van der Waals surface area contributed by atoms with E-state index in [-0.39, 0.29) is 18.9 Å². The molecule has 0 bridgehead atoms. The molecule has 1 N–H and O–H groups in total. The van der Waals surface area contributed by atoms with Crippen LogP contribution in [-0.4, -0.2) is 28.9 Å². The van der Waals surface area contributed by atoms with Crippen molar-refractivity contribution in [3.8, 4) is 5.75 Å². The summed E-state index contributed by atoms with van der Waals surface area (Å²) in [5, 5.41) is 4.92. The maximum atomic E-state index is 12.2. The van der Waals surface area contributed by atoms with E-state index in [1.807, 2.05) is 30.3 Å². The Morgan fingerprint density at radius 3 is 2.68 bits per heavy atom. The summed E-state index contributed by atoms with van der Waals surface area (Å²) in [4.78, 5) is 42.4. The number of fused-ring (bicyclic) bond motifs is 1. The number of ether oxygens (including phenoxy) is 2. The highest BCUT2D eigenvalue weighted by molar-refractivity contribution is 7.14. The lowest BCUT2D eigenvalue weighted by Crippen LogP contribution is -2.38. The molecule has 1 aliphatic heterocycles. The molecule has 0 radical (unpaired) electrons. The second-order valence-electron chi connectivity index (χ2n) is 6.77. The van der Waals surface area contributed by atoms with Crippen LogP contribution in [0.1, 0.15) is 19.0 Å². The van der Waals surface area contributed by atoms with Crippen molar-refractivity contribution in [2.75, 3.05) is 10.2 Å². The SMILES string of the molecule is CC(=O)N(c1ccccc1)c1nc(COC(=O)C[C@@H]2Oc3ccccc3NC2=O)cs1. The van der Waals surface area contributed by atoms with Gasteiger partial charge in [0.1, 0.15) is 12.4 Å². The number of carbonyl (C=O) groups is 3. The Labute approximate surface area is 182 Å². The van der Waals surface area contributed by atoms with Gasteiger partial charge in [-0.1, -0.05) is 30.3 Å². The van der Waals surface area contributed by atoms with Crippen LogP contribution in [0.5, 0.6) is 5.75 Å². The maximum absolute atomic E-state index is 12.2. The Morgan fingerprint density at radius 1 is 1.16 bits per heavy atom. The molecule has 8 nitrogen and oxygen atoms in total. The van der Waals surface area contributed by atoms with Crippen LogP contribution in [0.4, 0.5) is 16.5 Å². The van der Waals surface area contributed by atoms with Crippen molar-refractivity contribution in [1.29, 1.82) is 0 Å². The lowest BCUT2D eigenvalue weighted by molar-refractivity contribution is -0.149. The van der Waals surface area contributed by atoms with Crippen molar-refractivity contribution >= 4 is 45.6 Å². The minimum absolute atomic E-state index is 0.0687. The average Bonchev–Trinajstić information content (AvgIpc) is 3.22. The first-order valence-electron chi connectivity index (χ1n) is 9.53. The maximum Gasteiger partial charge on any atom is 0.310 e. The van der Waals surface area contributed by atoms with E-state index in [1.54, 1.807) is 29.6 Å². The molecule has 158 valence electrons. The number of hydrogen-bond donors (Lipinski definition) is 1. The number of nitrogens with zero attached hydrogens (tertiary/aromatic N) is 2. The lowest BCUT2D eigenvalue weighted by atomic mass is 10.1. The summed E-state index contributed by atoms with van der Waals surface area (Å²) < 4.78 is 10.9. The highest BCUT2D eigenvalue weighted by atomic mass is 32.1. The summed E-state index contributed by atoms with van der Waals surface area (Å²) in [6.07, 6.45) is -1.18. The third-order valence-electron chi connectivity index (χ3n) is 4.50. The molecule has 0 spiro atoms. The zero-order chi connectivity index (χ0) is 21.8. The topological polar surface area (TPSA) is 97.8 Å². The zero-order valence-electron chi connectivity index (χ0n) is 16.6. The molecule has 0 aliphatic carbocycles. The number of nitrogens with one attached hydrogen (secondary N) is 1. The van der Waals surface area contributed by atoms with Gasteiger partial charge >= 0.3 is 5.97 Å². The van der Waals surface area contributed by atoms with Gasteiger partial charge in [-0.15, -0.1) is 11.3 Å². The van der Waals surface area contributed by atoms with Crippen LogP contribution in [0.25, 0.3) is 0 Å². The van der Waals surface area contributed by atoms with Gasteiger partial charge in [-0.2, -0.15) is 0 Å². The van der Waals surface area contributed by atoms with Crippen molar-refractivity contribution in [1.82, 2.24) is 4.98 Å². The summed E-state index contributed by atoms with van der Waals surface area (Å²) in [6.45, 7) is 1.39. The van der Waals surface area contributed by atoms with Gasteiger partial charge in [0.2, 0.25) is 5.91 Å². The predicted molar refractivity (Wildman–Crippen MR) is 115 cm³/mol. The number of anilines is 3. The molecular weight excluding hydrogens is 418 g/mol. The van der Waals surface area contributed by atoms with Crippen LogP contribution >= 0.6 is 11.3 Å². The summed E-state index contributed by atoms with van der Waals surface area (Å²) in [6, 6.07) is 16.2. The molecule has 0 saturated heterocycles. The minimum Gasteiger partial charge on any atom is -0.478 e. The number of esters is 1. The van der Waals surface area contributed by atoms with Gasteiger partial charge in [0.25, 0.3) is 5.91 Å². The fourth-order valence-electron chi connectivity index (χ4n) is 3.06. The fourth-order valence-corrected chi connectivity index (χ4v) is 3.93. The van der Waals surface area contributed by atoms with Crippen LogP contribution in [0.3, 0.4) is 0 Å². The molecule has 31 heavy (non-hydrogen) atoms. The first-order valence-corrected chi connectivity index (χ1v) is 10.4. The first kappa shape index (κ1) is 20.5. The average molecular weight is 437 g/mol. The Morgan fingerprint density at radius 2 is 1.90 bits per heavy atom. The van der Waals surface area contributed by atoms with Crippen molar-refractivity contribution < 1.29 is 23.9 Å². The Balaban J connectivity index is 1.36. The monoisotopic (exact) mass is 437 g/mol. The van der Waals surface area contributed by atoms with E-state index in [0.717, 1.165) is 0 Å². The largest absolute Gasteiger partial charge is 0.478 e. The molecule has 0 saturated carbocycles. The van der Waals surface area contributed by atoms with E-state index in [9.17, 15) is 14.4 Å². The van der Waals surface area contributed by atoms with Crippen LogP contribution in [0.15, 0.2) is 60.0 Å². The van der Waals surface area contributed by atoms with Gasteiger partial charge < -0.3 is 14.8 Å². The van der Waals surface area contributed by atoms with Gasteiger partial charge in [-0.3, -0.25) is 19.3 Å². The standard InChI is InChI=1S/C22H19N3O5S/c1-14(26)25(16-7-3-2-4-8-16)22-23-15(13-31-22)12-29-20(27)11-19-21(28)24-17-9-5-6-10-18(17)30-19/h2-10,13,19H,11-12H2,1H3,(H,24,28)/t19-/m0/s1. The highest BCUT2D eigenvalue weighted by Crippen LogP contribution is 2.30. The second kappa shape index (κ2) is 8.97. The number of rotatable bonds is 6. The van der Waals surface area contributed by atoms with Gasteiger partial charge in [-0.25, -0.2) is 4.98 Å². The van der Waals surface area contributed by atoms with Crippen molar-refractivity contribution in [2.45, 2.75) is 26.1 Å². The summed E-state index contributed by atoms with van der Waals surface area (Å²) in [7, 11) is 0. The summed E-state index contributed by atoms with van der Waals surface area (Å²) in [5.74, 6) is -0.647. The smallest absolute Gasteiger partial charge is 0.310 e. The third-order valence-corrected chi connectivity index (χ3v) is 5.37. The molecule has 0 fully saturated rings. The number of hydrogen-bond acceptors (Lipinski definition) is 7.